The number of aliphatic hydroxyl groups excluding tert-OH is 1. The number of fused-ring (bicyclic) bond motifs is 2. The molecular weight excluding hydrogens is 451 g/mol. The van der Waals surface area contributed by atoms with Crippen molar-refractivity contribution in [3.63, 3.8) is 0 Å². The Hall–Kier alpha value is -1.66. The number of halogens is 3. The zero-order valence-electron chi connectivity index (χ0n) is 16.9. The lowest BCUT2D eigenvalue weighted by Gasteiger charge is -2.17. The molecule has 0 aromatic carbocycles. The third-order valence-corrected chi connectivity index (χ3v) is 8.17. The highest BCUT2D eigenvalue weighted by molar-refractivity contribution is 7.16. The van der Waals surface area contributed by atoms with E-state index in [2.05, 4.69) is 16.0 Å². The Balaban J connectivity index is 1.52. The molecule has 2 aliphatic rings. The number of carbonyl (C=O) groups is 1. The summed E-state index contributed by atoms with van der Waals surface area (Å²) in [5.74, 6) is 0. The van der Waals surface area contributed by atoms with E-state index in [0.717, 1.165) is 47.5 Å². The maximum Gasteiger partial charge on any atom is 0.425 e. The van der Waals surface area contributed by atoms with E-state index in [1.807, 2.05) is 0 Å². The van der Waals surface area contributed by atoms with Gasteiger partial charge in [-0.2, -0.15) is 13.2 Å². The molecule has 1 atom stereocenters. The zero-order valence-corrected chi connectivity index (χ0v) is 18.6. The second-order valence-corrected chi connectivity index (χ2v) is 9.80. The van der Waals surface area contributed by atoms with Gasteiger partial charge >= 0.3 is 12.2 Å². The molecular formula is C20H24F3N3O3S2. The van der Waals surface area contributed by atoms with Gasteiger partial charge in [0, 0.05) is 35.5 Å². The molecule has 4 rings (SSSR count). The standard InChI is InChI=1S/C20H24F3N3O3S2/c1-29-18(27)15-11-4-2-3-5-13(11)31-17(15)26-19(28)25-8-12-10-6-7-24-9-14(10)30-16(12)20(21,22)23/h18,24,27H,2-9H2,1H3,(H2,25,26,28). The Labute approximate surface area is 185 Å². The first-order chi connectivity index (χ1) is 14.8. The predicted octanol–water partition coefficient (Wildman–Crippen LogP) is 4.31. The lowest BCUT2D eigenvalue weighted by molar-refractivity contribution is -0.135. The number of carbonyl (C=O) groups excluding carboxylic acids is 1. The summed E-state index contributed by atoms with van der Waals surface area (Å²) in [7, 11) is 1.38. The van der Waals surface area contributed by atoms with Gasteiger partial charge in [-0.15, -0.1) is 22.7 Å². The van der Waals surface area contributed by atoms with E-state index in [9.17, 15) is 23.1 Å². The van der Waals surface area contributed by atoms with Crippen LogP contribution in [0, 0.1) is 0 Å². The molecule has 1 unspecified atom stereocenters. The van der Waals surface area contributed by atoms with Crippen molar-refractivity contribution in [2.45, 2.75) is 57.7 Å². The summed E-state index contributed by atoms with van der Waals surface area (Å²) in [5, 5.41) is 19.2. The fourth-order valence-electron chi connectivity index (χ4n) is 4.19. The van der Waals surface area contributed by atoms with Crippen molar-refractivity contribution in [1.29, 1.82) is 0 Å². The molecule has 2 amide bonds. The fourth-order valence-corrected chi connectivity index (χ4v) is 6.70. The van der Waals surface area contributed by atoms with E-state index in [0.29, 0.717) is 40.5 Å². The average Bonchev–Trinajstić information content (AvgIpc) is 3.29. The van der Waals surface area contributed by atoms with Crippen LogP contribution in [-0.4, -0.2) is 24.8 Å². The highest BCUT2D eigenvalue weighted by Crippen LogP contribution is 2.43. The summed E-state index contributed by atoms with van der Waals surface area (Å²) in [4.78, 5) is 13.7. The normalized spacial score (nSPS) is 17.1. The SMILES string of the molecule is COC(O)c1c(NC(=O)NCc2c(C(F)(F)F)sc3c2CCNC3)sc2c1CCCC2. The van der Waals surface area contributed by atoms with E-state index in [4.69, 9.17) is 4.74 Å². The van der Waals surface area contributed by atoms with Crippen molar-refractivity contribution in [3.05, 3.63) is 36.9 Å². The van der Waals surface area contributed by atoms with Crippen molar-refractivity contribution in [3.8, 4) is 0 Å². The molecule has 4 N–H and O–H groups in total. The van der Waals surface area contributed by atoms with Crippen LogP contribution in [-0.2, 0) is 43.3 Å². The number of alkyl halides is 3. The topological polar surface area (TPSA) is 82.6 Å². The maximum absolute atomic E-state index is 13.5. The maximum atomic E-state index is 13.5. The van der Waals surface area contributed by atoms with E-state index in [1.54, 1.807) is 0 Å². The Morgan fingerprint density at radius 2 is 1.97 bits per heavy atom. The van der Waals surface area contributed by atoms with Crippen LogP contribution in [0.1, 0.15) is 56.0 Å². The second kappa shape index (κ2) is 9.07. The van der Waals surface area contributed by atoms with Crippen LogP contribution in [0.4, 0.5) is 23.0 Å². The van der Waals surface area contributed by atoms with Crippen LogP contribution >= 0.6 is 22.7 Å². The first-order valence-electron chi connectivity index (χ1n) is 10.1. The molecule has 0 saturated carbocycles. The minimum Gasteiger partial charge on any atom is -0.364 e. The lowest BCUT2D eigenvalue weighted by atomic mass is 9.95. The number of hydrogen-bond acceptors (Lipinski definition) is 6. The summed E-state index contributed by atoms with van der Waals surface area (Å²) in [6.07, 6.45) is -1.41. The highest BCUT2D eigenvalue weighted by Gasteiger charge is 2.38. The summed E-state index contributed by atoms with van der Waals surface area (Å²) in [5.41, 5.74) is 2.37. The molecule has 6 nitrogen and oxygen atoms in total. The second-order valence-electron chi connectivity index (χ2n) is 7.59. The first kappa shape index (κ1) is 22.5. The van der Waals surface area contributed by atoms with Gasteiger partial charge in [-0.3, -0.25) is 5.32 Å². The van der Waals surface area contributed by atoms with Gasteiger partial charge in [-0.05, 0) is 55.3 Å². The monoisotopic (exact) mass is 475 g/mol. The smallest absolute Gasteiger partial charge is 0.364 e. The lowest BCUT2D eigenvalue weighted by Crippen LogP contribution is -2.30. The van der Waals surface area contributed by atoms with Crippen molar-refractivity contribution < 1.29 is 27.8 Å². The quantitative estimate of drug-likeness (QED) is 0.486. The molecule has 170 valence electrons. The number of ether oxygens (including phenoxy) is 1. The van der Waals surface area contributed by atoms with Crippen molar-refractivity contribution in [2.75, 3.05) is 19.0 Å². The summed E-state index contributed by atoms with van der Waals surface area (Å²) < 4.78 is 45.7. The van der Waals surface area contributed by atoms with Crippen LogP contribution in [0.2, 0.25) is 0 Å². The van der Waals surface area contributed by atoms with Crippen LogP contribution in [0.5, 0.6) is 0 Å². The Morgan fingerprint density at radius 3 is 2.71 bits per heavy atom. The number of amides is 2. The summed E-state index contributed by atoms with van der Waals surface area (Å²) in [6, 6.07) is -0.606. The third kappa shape index (κ3) is 4.61. The number of nitrogens with one attached hydrogen (secondary N) is 3. The molecule has 1 aliphatic heterocycles. The Kier molecular flexibility index (Phi) is 6.59. The van der Waals surface area contributed by atoms with E-state index < -0.39 is 23.4 Å². The molecule has 2 aromatic heterocycles. The molecule has 3 heterocycles. The Morgan fingerprint density at radius 1 is 1.19 bits per heavy atom. The minimum absolute atomic E-state index is 0.145. The van der Waals surface area contributed by atoms with Gasteiger partial charge < -0.3 is 20.5 Å². The molecule has 2 aromatic rings. The first-order valence-corrected chi connectivity index (χ1v) is 11.7. The average molecular weight is 476 g/mol. The molecule has 0 radical (unpaired) electrons. The van der Waals surface area contributed by atoms with Crippen molar-refractivity contribution in [2.24, 2.45) is 0 Å². The van der Waals surface area contributed by atoms with Crippen LogP contribution in [0.25, 0.3) is 0 Å². The molecule has 11 heteroatoms. The van der Waals surface area contributed by atoms with E-state index in [-0.39, 0.29) is 12.1 Å². The summed E-state index contributed by atoms with van der Waals surface area (Å²) >= 11 is 2.13. The van der Waals surface area contributed by atoms with Gasteiger partial charge in [0.25, 0.3) is 0 Å². The summed E-state index contributed by atoms with van der Waals surface area (Å²) in [6.45, 7) is 0.813. The zero-order chi connectivity index (χ0) is 22.2. The molecule has 0 fully saturated rings. The third-order valence-electron chi connectivity index (χ3n) is 5.63. The van der Waals surface area contributed by atoms with Crippen LogP contribution in [0.3, 0.4) is 0 Å². The van der Waals surface area contributed by atoms with Gasteiger partial charge in [0.05, 0.1) is 0 Å². The van der Waals surface area contributed by atoms with E-state index >= 15 is 0 Å². The molecule has 0 bridgehead atoms. The number of methoxy groups -OCH3 is 1. The highest BCUT2D eigenvalue weighted by atomic mass is 32.1. The van der Waals surface area contributed by atoms with Gasteiger partial charge in [0.2, 0.25) is 0 Å². The number of aryl methyl sites for hydroxylation is 1. The van der Waals surface area contributed by atoms with Crippen molar-refractivity contribution in [1.82, 2.24) is 10.6 Å². The van der Waals surface area contributed by atoms with Crippen LogP contribution in [0.15, 0.2) is 0 Å². The number of thiophene rings is 2. The molecule has 31 heavy (non-hydrogen) atoms. The number of anilines is 1. The number of rotatable bonds is 5. The molecule has 0 spiro atoms. The largest absolute Gasteiger partial charge is 0.425 e. The number of aliphatic hydroxyl groups is 1. The van der Waals surface area contributed by atoms with E-state index in [1.165, 1.54) is 18.4 Å². The van der Waals surface area contributed by atoms with Gasteiger partial charge in [0.1, 0.15) is 9.88 Å². The van der Waals surface area contributed by atoms with Crippen LogP contribution < -0.4 is 16.0 Å². The number of urea groups is 1. The molecule has 0 saturated heterocycles. The fraction of sp³-hybridized carbons (Fsp3) is 0.550. The van der Waals surface area contributed by atoms with Gasteiger partial charge in [-0.1, -0.05) is 0 Å². The molecule has 1 aliphatic carbocycles. The predicted molar refractivity (Wildman–Crippen MR) is 114 cm³/mol. The van der Waals surface area contributed by atoms with Gasteiger partial charge in [0.15, 0.2) is 6.29 Å². The minimum atomic E-state index is -4.46. The Bertz CT molecular complexity index is 971. The number of hydrogen-bond donors (Lipinski definition) is 4. The van der Waals surface area contributed by atoms with Gasteiger partial charge in [-0.25, -0.2) is 4.79 Å². The van der Waals surface area contributed by atoms with Crippen molar-refractivity contribution >= 4 is 33.7 Å².